The van der Waals surface area contributed by atoms with Gasteiger partial charge in [0.15, 0.2) is 0 Å². The van der Waals surface area contributed by atoms with E-state index in [2.05, 4.69) is 30.2 Å². The Kier molecular flexibility index (Phi) is 13.0. The summed E-state index contributed by atoms with van der Waals surface area (Å²) in [6.45, 7) is 15.2. The number of hydrogen-bond acceptors (Lipinski definition) is 2. The lowest BCUT2D eigenvalue weighted by atomic mass is 10.2. The molecular formula is C14H28N2. The van der Waals surface area contributed by atoms with Crippen molar-refractivity contribution in [3.8, 4) is 0 Å². The van der Waals surface area contributed by atoms with Crippen molar-refractivity contribution in [2.24, 2.45) is 0 Å². The van der Waals surface area contributed by atoms with Crippen molar-refractivity contribution in [3.63, 3.8) is 0 Å². The van der Waals surface area contributed by atoms with Gasteiger partial charge in [-0.1, -0.05) is 40.7 Å². The van der Waals surface area contributed by atoms with Gasteiger partial charge in [0.05, 0.1) is 0 Å². The molecule has 0 atom stereocenters. The van der Waals surface area contributed by atoms with E-state index in [1.54, 1.807) is 0 Å². The molecule has 0 spiro atoms. The fourth-order valence-corrected chi connectivity index (χ4v) is 1.05. The van der Waals surface area contributed by atoms with Crippen molar-refractivity contribution in [1.82, 2.24) is 4.98 Å². The number of rotatable bonds is 3. The van der Waals surface area contributed by atoms with Gasteiger partial charge in [-0.3, -0.25) is 0 Å². The van der Waals surface area contributed by atoms with Crippen LogP contribution >= 0.6 is 0 Å². The van der Waals surface area contributed by atoms with E-state index in [4.69, 9.17) is 0 Å². The lowest BCUT2D eigenvalue weighted by molar-refractivity contribution is 0.961. The Bertz CT molecular complexity index is 257. The van der Waals surface area contributed by atoms with E-state index in [-0.39, 0.29) is 0 Å². The number of anilines is 1. The standard InChI is InChI=1S/C10H16N2.2C2H6/c1-4-7-11-10-8(2)5-6-9(3)12-10;2*1-2/h5-6H,4,7H2,1-3H3,(H,11,12);2*1-2H3. The lowest BCUT2D eigenvalue weighted by Gasteiger charge is -2.07. The molecule has 0 bridgehead atoms. The summed E-state index contributed by atoms with van der Waals surface area (Å²) in [4.78, 5) is 4.40. The fraction of sp³-hybridized carbons (Fsp3) is 0.643. The molecule has 0 aliphatic heterocycles. The first-order valence-electron chi connectivity index (χ1n) is 6.42. The van der Waals surface area contributed by atoms with Gasteiger partial charge in [0.1, 0.15) is 5.82 Å². The Balaban J connectivity index is 0. The molecule has 0 fully saturated rings. The highest BCUT2D eigenvalue weighted by Crippen LogP contribution is 2.11. The van der Waals surface area contributed by atoms with E-state index in [0.717, 1.165) is 24.5 Å². The molecule has 0 amide bonds. The number of hydrogen-bond donors (Lipinski definition) is 1. The third kappa shape index (κ3) is 7.27. The molecule has 0 saturated heterocycles. The highest BCUT2D eigenvalue weighted by molar-refractivity contribution is 5.43. The van der Waals surface area contributed by atoms with Crippen molar-refractivity contribution in [2.75, 3.05) is 11.9 Å². The predicted octanol–water partition coefficient (Wildman–Crippen LogP) is 4.57. The minimum atomic E-state index is 0.997. The molecule has 1 heterocycles. The maximum Gasteiger partial charge on any atom is 0.129 e. The Hall–Kier alpha value is -1.05. The minimum Gasteiger partial charge on any atom is -0.370 e. The molecule has 2 nitrogen and oxygen atoms in total. The molecular weight excluding hydrogens is 196 g/mol. The van der Waals surface area contributed by atoms with Gasteiger partial charge in [-0.2, -0.15) is 0 Å². The quantitative estimate of drug-likeness (QED) is 0.813. The van der Waals surface area contributed by atoms with Gasteiger partial charge in [0, 0.05) is 12.2 Å². The van der Waals surface area contributed by atoms with Crippen LogP contribution in [0.1, 0.15) is 52.3 Å². The SMILES string of the molecule is CC.CC.CCCNc1nc(C)ccc1C. The minimum absolute atomic E-state index is 0.997. The molecule has 0 aliphatic carbocycles. The van der Waals surface area contributed by atoms with E-state index < -0.39 is 0 Å². The molecule has 1 aromatic rings. The van der Waals surface area contributed by atoms with Gasteiger partial charge >= 0.3 is 0 Å². The normalized spacial score (nSPS) is 8.19. The van der Waals surface area contributed by atoms with Crippen LogP contribution in [0.2, 0.25) is 0 Å². The fourth-order valence-electron chi connectivity index (χ4n) is 1.05. The van der Waals surface area contributed by atoms with Gasteiger partial charge in [-0.05, 0) is 31.9 Å². The second-order valence-corrected chi connectivity index (χ2v) is 3.04. The smallest absolute Gasteiger partial charge is 0.129 e. The molecule has 0 unspecified atom stereocenters. The second kappa shape index (κ2) is 12.0. The first-order valence-corrected chi connectivity index (χ1v) is 6.42. The third-order valence-corrected chi connectivity index (χ3v) is 1.78. The Morgan fingerprint density at radius 2 is 1.62 bits per heavy atom. The Morgan fingerprint density at radius 1 is 1.06 bits per heavy atom. The van der Waals surface area contributed by atoms with Crippen LogP contribution in [0.4, 0.5) is 5.82 Å². The molecule has 1 aromatic heterocycles. The summed E-state index contributed by atoms with van der Waals surface area (Å²) >= 11 is 0. The zero-order valence-electron chi connectivity index (χ0n) is 12.0. The molecule has 1 N–H and O–H groups in total. The van der Waals surface area contributed by atoms with Crippen molar-refractivity contribution in [2.45, 2.75) is 54.9 Å². The number of nitrogens with one attached hydrogen (secondary N) is 1. The van der Waals surface area contributed by atoms with Crippen molar-refractivity contribution < 1.29 is 0 Å². The van der Waals surface area contributed by atoms with Crippen molar-refractivity contribution in [3.05, 3.63) is 23.4 Å². The van der Waals surface area contributed by atoms with Crippen LogP contribution in [0, 0.1) is 13.8 Å². The van der Waals surface area contributed by atoms with Crippen LogP contribution in [0.5, 0.6) is 0 Å². The highest BCUT2D eigenvalue weighted by atomic mass is 15.0. The summed E-state index contributed by atoms with van der Waals surface area (Å²) in [5, 5.41) is 3.29. The van der Waals surface area contributed by atoms with E-state index in [1.807, 2.05) is 40.7 Å². The molecule has 0 aromatic carbocycles. The van der Waals surface area contributed by atoms with E-state index in [9.17, 15) is 0 Å². The molecule has 2 heteroatoms. The Labute approximate surface area is 101 Å². The molecule has 0 aliphatic rings. The lowest BCUT2D eigenvalue weighted by Crippen LogP contribution is -2.04. The largest absolute Gasteiger partial charge is 0.370 e. The van der Waals surface area contributed by atoms with Crippen LogP contribution in [0.15, 0.2) is 12.1 Å². The van der Waals surface area contributed by atoms with E-state index in [1.165, 1.54) is 5.56 Å². The average Bonchev–Trinajstić information content (AvgIpc) is 2.35. The zero-order valence-corrected chi connectivity index (χ0v) is 12.0. The zero-order chi connectivity index (χ0) is 13.0. The van der Waals surface area contributed by atoms with Crippen molar-refractivity contribution >= 4 is 5.82 Å². The van der Waals surface area contributed by atoms with Crippen LogP contribution in [0.25, 0.3) is 0 Å². The summed E-state index contributed by atoms with van der Waals surface area (Å²) in [6, 6.07) is 4.13. The van der Waals surface area contributed by atoms with Crippen LogP contribution in [0.3, 0.4) is 0 Å². The summed E-state index contributed by atoms with van der Waals surface area (Å²) in [5.74, 6) is 1.02. The van der Waals surface area contributed by atoms with Crippen molar-refractivity contribution in [1.29, 1.82) is 0 Å². The maximum absolute atomic E-state index is 4.40. The van der Waals surface area contributed by atoms with Crippen LogP contribution < -0.4 is 5.32 Å². The van der Waals surface area contributed by atoms with E-state index in [0.29, 0.717) is 0 Å². The monoisotopic (exact) mass is 224 g/mol. The van der Waals surface area contributed by atoms with Crippen LogP contribution in [-0.4, -0.2) is 11.5 Å². The molecule has 0 saturated carbocycles. The van der Waals surface area contributed by atoms with Gasteiger partial charge < -0.3 is 5.32 Å². The van der Waals surface area contributed by atoms with Gasteiger partial charge in [-0.15, -0.1) is 0 Å². The van der Waals surface area contributed by atoms with E-state index >= 15 is 0 Å². The van der Waals surface area contributed by atoms with Gasteiger partial charge in [0.2, 0.25) is 0 Å². The third-order valence-electron chi connectivity index (χ3n) is 1.78. The number of pyridine rings is 1. The number of aromatic nitrogens is 1. The maximum atomic E-state index is 4.40. The first-order chi connectivity index (χ1) is 7.74. The highest BCUT2D eigenvalue weighted by Gasteiger charge is 1.97. The summed E-state index contributed by atoms with van der Waals surface area (Å²) in [5.41, 5.74) is 2.29. The second-order valence-electron chi connectivity index (χ2n) is 3.04. The topological polar surface area (TPSA) is 24.9 Å². The summed E-state index contributed by atoms with van der Waals surface area (Å²) in [6.07, 6.45) is 1.13. The van der Waals surface area contributed by atoms with Gasteiger partial charge in [0.25, 0.3) is 0 Å². The molecule has 1 rings (SSSR count). The first kappa shape index (κ1) is 17.3. The average molecular weight is 224 g/mol. The predicted molar refractivity (Wildman–Crippen MR) is 75.2 cm³/mol. The molecule has 16 heavy (non-hydrogen) atoms. The summed E-state index contributed by atoms with van der Waals surface area (Å²) < 4.78 is 0. The Morgan fingerprint density at radius 3 is 2.12 bits per heavy atom. The van der Waals surface area contributed by atoms with Crippen LogP contribution in [-0.2, 0) is 0 Å². The van der Waals surface area contributed by atoms with Gasteiger partial charge in [-0.25, -0.2) is 4.98 Å². The molecule has 0 radical (unpaired) electrons. The summed E-state index contributed by atoms with van der Waals surface area (Å²) in [7, 11) is 0. The number of nitrogens with zero attached hydrogens (tertiary/aromatic N) is 1. The number of aryl methyl sites for hydroxylation is 2. The molecule has 94 valence electrons.